The van der Waals surface area contributed by atoms with Crippen molar-refractivity contribution in [1.29, 1.82) is 5.26 Å². The maximum Gasteiger partial charge on any atom is 0.143 e. The van der Waals surface area contributed by atoms with E-state index in [-0.39, 0.29) is 11.6 Å². The van der Waals surface area contributed by atoms with Crippen LogP contribution in [0.1, 0.15) is 17.4 Å². The van der Waals surface area contributed by atoms with Crippen molar-refractivity contribution < 1.29 is 4.39 Å². The maximum atomic E-state index is 13.6. The van der Waals surface area contributed by atoms with Crippen molar-refractivity contribution in [1.82, 2.24) is 0 Å². The van der Waals surface area contributed by atoms with Crippen LogP contribution >= 0.6 is 11.3 Å². The summed E-state index contributed by atoms with van der Waals surface area (Å²) in [4.78, 5) is 3.35. The van der Waals surface area contributed by atoms with Crippen LogP contribution in [0, 0.1) is 17.1 Å². The molecule has 0 fully saturated rings. The van der Waals surface area contributed by atoms with Gasteiger partial charge in [-0.2, -0.15) is 5.26 Å². The molecule has 0 bridgehead atoms. The van der Waals surface area contributed by atoms with Crippen molar-refractivity contribution in [3.8, 4) is 6.07 Å². The number of nitrogens with zero attached hydrogens (tertiary/aromatic N) is 2. The van der Waals surface area contributed by atoms with E-state index < -0.39 is 5.82 Å². The summed E-state index contributed by atoms with van der Waals surface area (Å²) in [6.45, 7) is 2.11. The highest BCUT2D eigenvalue weighted by molar-refractivity contribution is 7.09. The van der Waals surface area contributed by atoms with Crippen molar-refractivity contribution in [2.45, 2.75) is 19.4 Å². The Balaban J connectivity index is 2.13. The molecule has 1 atom stereocenters. The number of anilines is 1. The third-order valence-electron chi connectivity index (χ3n) is 3.22. The Bertz CT molecular complexity index is 587. The molecule has 0 radical (unpaired) electrons. The smallest absolute Gasteiger partial charge is 0.143 e. The summed E-state index contributed by atoms with van der Waals surface area (Å²) in [5, 5.41) is 10.8. The van der Waals surface area contributed by atoms with E-state index in [1.807, 2.05) is 24.1 Å². The highest BCUT2D eigenvalue weighted by Crippen LogP contribution is 2.21. The Hall–Kier alpha value is -1.86. The second-order valence-corrected chi connectivity index (χ2v) is 5.55. The number of benzene rings is 1. The highest BCUT2D eigenvalue weighted by Gasteiger charge is 2.13. The van der Waals surface area contributed by atoms with Gasteiger partial charge in [-0.3, -0.25) is 0 Å². The van der Waals surface area contributed by atoms with Crippen LogP contribution in [0.5, 0.6) is 0 Å². The average molecular weight is 274 g/mol. The van der Waals surface area contributed by atoms with Gasteiger partial charge in [0, 0.05) is 30.1 Å². The molecule has 1 aromatic carbocycles. The van der Waals surface area contributed by atoms with Gasteiger partial charge in [0.2, 0.25) is 0 Å². The summed E-state index contributed by atoms with van der Waals surface area (Å²) < 4.78 is 13.6. The zero-order valence-corrected chi connectivity index (χ0v) is 11.7. The summed E-state index contributed by atoms with van der Waals surface area (Å²) in [5.74, 6) is -0.463. The van der Waals surface area contributed by atoms with Crippen molar-refractivity contribution in [3.63, 3.8) is 0 Å². The van der Waals surface area contributed by atoms with E-state index in [2.05, 4.69) is 18.4 Å². The minimum absolute atomic E-state index is 0.0862. The molecular weight excluding hydrogens is 259 g/mol. The van der Waals surface area contributed by atoms with Gasteiger partial charge in [0.15, 0.2) is 0 Å². The minimum atomic E-state index is -0.463. The fourth-order valence-electron chi connectivity index (χ4n) is 1.93. The first-order valence-corrected chi connectivity index (χ1v) is 6.94. The number of halogens is 1. The van der Waals surface area contributed by atoms with Gasteiger partial charge in [0.1, 0.15) is 11.9 Å². The fraction of sp³-hybridized carbons (Fsp3) is 0.267. The molecule has 2 nitrogen and oxygen atoms in total. The molecule has 0 spiro atoms. The third-order valence-corrected chi connectivity index (χ3v) is 4.12. The van der Waals surface area contributed by atoms with Gasteiger partial charge >= 0.3 is 0 Å². The van der Waals surface area contributed by atoms with Crippen LogP contribution in [0.3, 0.4) is 0 Å². The van der Waals surface area contributed by atoms with Crippen LogP contribution in [-0.4, -0.2) is 13.1 Å². The summed E-state index contributed by atoms with van der Waals surface area (Å²) >= 11 is 1.73. The Labute approximate surface area is 116 Å². The molecule has 2 rings (SSSR count). The standard InChI is InChI=1S/C15H15FN2S/c1-11(8-14-4-3-7-19-14)18(2)13-6-5-12(10-17)15(16)9-13/h3-7,9,11H,8H2,1-2H3. The molecule has 0 aliphatic rings. The number of likely N-dealkylation sites (N-methyl/N-ethyl adjacent to an activating group) is 1. The second kappa shape index (κ2) is 5.85. The molecule has 1 aromatic heterocycles. The van der Waals surface area contributed by atoms with Crippen molar-refractivity contribution >= 4 is 17.0 Å². The van der Waals surface area contributed by atoms with Crippen LogP contribution < -0.4 is 4.90 Å². The van der Waals surface area contributed by atoms with Gasteiger partial charge in [-0.05, 0) is 36.6 Å². The zero-order chi connectivity index (χ0) is 13.8. The van der Waals surface area contributed by atoms with Gasteiger partial charge in [-0.1, -0.05) is 6.07 Å². The van der Waals surface area contributed by atoms with E-state index >= 15 is 0 Å². The lowest BCUT2D eigenvalue weighted by molar-refractivity contribution is 0.620. The lowest BCUT2D eigenvalue weighted by Gasteiger charge is -2.27. The molecule has 98 valence electrons. The molecule has 1 unspecified atom stereocenters. The van der Waals surface area contributed by atoms with Crippen molar-refractivity contribution in [2.75, 3.05) is 11.9 Å². The summed E-state index contributed by atoms with van der Waals surface area (Å²) in [5.41, 5.74) is 0.878. The molecule has 2 aromatic rings. The summed E-state index contributed by atoms with van der Waals surface area (Å²) in [6, 6.07) is 11.0. The number of hydrogen-bond donors (Lipinski definition) is 0. The highest BCUT2D eigenvalue weighted by atomic mass is 32.1. The molecule has 0 N–H and O–H groups in total. The molecule has 0 aliphatic carbocycles. The van der Waals surface area contributed by atoms with Gasteiger partial charge < -0.3 is 4.90 Å². The van der Waals surface area contributed by atoms with Crippen LogP contribution in [0.25, 0.3) is 0 Å². The topological polar surface area (TPSA) is 27.0 Å². The van der Waals surface area contributed by atoms with Gasteiger partial charge in [-0.15, -0.1) is 11.3 Å². The predicted molar refractivity (Wildman–Crippen MR) is 77.0 cm³/mol. The van der Waals surface area contributed by atoms with Gasteiger partial charge in [0.25, 0.3) is 0 Å². The molecule has 1 heterocycles. The first-order chi connectivity index (χ1) is 9.11. The average Bonchev–Trinajstić information content (AvgIpc) is 2.90. The Morgan fingerprint density at radius 3 is 2.79 bits per heavy atom. The normalized spacial score (nSPS) is 11.9. The third kappa shape index (κ3) is 3.12. The predicted octanol–water partition coefficient (Wildman–Crippen LogP) is 3.83. The molecule has 0 amide bonds. The molecule has 19 heavy (non-hydrogen) atoms. The largest absolute Gasteiger partial charge is 0.371 e. The van der Waals surface area contributed by atoms with E-state index in [1.165, 1.54) is 17.0 Å². The van der Waals surface area contributed by atoms with Crippen LogP contribution in [0.2, 0.25) is 0 Å². The van der Waals surface area contributed by atoms with Crippen LogP contribution in [0.4, 0.5) is 10.1 Å². The SMILES string of the molecule is CC(Cc1cccs1)N(C)c1ccc(C#N)c(F)c1. The number of rotatable bonds is 4. The van der Waals surface area contributed by atoms with Crippen LogP contribution in [-0.2, 0) is 6.42 Å². The summed E-state index contributed by atoms with van der Waals surface area (Å²) in [7, 11) is 1.94. The van der Waals surface area contributed by atoms with Gasteiger partial charge in [0.05, 0.1) is 5.56 Å². The Kier molecular flexibility index (Phi) is 4.18. The monoisotopic (exact) mass is 274 g/mol. The first kappa shape index (κ1) is 13.6. The maximum absolute atomic E-state index is 13.6. The number of thiophene rings is 1. The Morgan fingerprint density at radius 2 is 2.21 bits per heavy atom. The number of nitriles is 1. The molecular formula is C15H15FN2S. The lowest BCUT2D eigenvalue weighted by Crippen LogP contribution is -2.30. The quantitative estimate of drug-likeness (QED) is 0.847. The fourth-order valence-corrected chi connectivity index (χ4v) is 2.75. The van der Waals surface area contributed by atoms with Crippen LogP contribution in [0.15, 0.2) is 35.7 Å². The van der Waals surface area contributed by atoms with Crippen molar-refractivity contribution in [3.05, 3.63) is 52.0 Å². The Morgan fingerprint density at radius 1 is 1.42 bits per heavy atom. The van der Waals surface area contributed by atoms with Crippen molar-refractivity contribution in [2.24, 2.45) is 0 Å². The second-order valence-electron chi connectivity index (χ2n) is 4.52. The van der Waals surface area contributed by atoms with E-state index in [0.29, 0.717) is 0 Å². The lowest BCUT2D eigenvalue weighted by atomic mass is 10.1. The molecule has 0 aliphatic heterocycles. The van der Waals surface area contributed by atoms with E-state index in [0.717, 1.165) is 12.1 Å². The molecule has 0 saturated carbocycles. The minimum Gasteiger partial charge on any atom is -0.371 e. The van der Waals surface area contributed by atoms with E-state index in [9.17, 15) is 4.39 Å². The number of hydrogen-bond acceptors (Lipinski definition) is 3. The van der Waals surface area contributed by atoms with E-state index in [4.69, 9.17) is 5.26 Å². The first-order valence-electron chi connectivity index (χ1n) is 6.06. The molecule has 0 saturated heterocycles. The summed E-state index contributed by atoms with van der Waals surface area (Å²) in [6.07, 6.45) is 0.926. The van der Waals surface area contributed by atoms with E-state index in [1.54, 1.807) is 17.4 Å². The van der Waals surface area contributed by atoms with Gasteiger partial charge in [-0.25, -0.2) is 4.39 Å². The zero-order valence-electron chi connectivity index (χ0n) is 10.9. The molecule has 4 heteroatoms.